The summed E-state index contributed by atoms with van der Waals surface area (Å²) in [6, 6.07) is 10.4. The zero-order valence-electron chi connectivity index (χ0n) is 9.81. The van der Waals surface area contributed by atoms with E-state index >= 15 is 0 Å². The Morgan fingerprint density at radius 3 is 2.75 bits per heavy atom. The summed E-state index contributed by atoms with van der Waals surface area (Å²) in [6.45, 7) is 6.34. The lowest BCUT2D eigenvalue weighted by atomic mass is 10.1. The van der Waals surface area contributed by atoms with Crippen molar-refractivity contribution in [1.82, 2.24) is 5.32 Å². The average molecular weight is 234 g/mol. The Kier molecular flexibility index (Phi) is 3.88. The molecule has 0 fully saturated rings. The molecule has 1 N–H and O–H groups in total. The molecule has 1 aromatic carbocycles. The van der Waals surface area contributed by atoms with Crippen LogP contribution in [-0.4, -0.2) is 17.0 Å². The van der Waals surface area contributed by atoms with Gasteiger partial charge in [0.25, 0.3) is 0 Å². The van der Waals surface area contributed by atoms with Crippen LogP contribution in [0.25, 0.3) is 0 Å². The van der Waals surface area contributed by atoms with Gasteiger partial charge in [-0.1, -0.05) is 55.9 Å². The van der Waals surface area contributed by atoms with E-state index < -0.39 is 0 Å². The van der Waals surface area contributed by atoms with E-state index in [1.54, 1.807) is 0 Å². The number of hydrogen-bond donors (Lipinski definition) is 1. The second-order valence-electron chi connectivity index (χ2n) is 4.39. The first-order valence-corrected chi connectivity index (χ1v) is 6.62. The predicted molar refractivity (Wildman–Crippen MR) is 71.8 cm³/mol. The minimum Gasteiger partial charge on any atom is -0.361 e. The standard InChI is InChI=1S/C13H18N2S/c1-10(2)12-9-15-13(16-12)14-8-11-6-4-3-5-7-11/h3-7,10,12H,8-9H2,1-2H3,(H,14,15). The molecule has 0 saturated carbocycles. The van der Waals surface area contributed by atoms with E-state index in [1.807, 2.05) is 17.8 Å². The average Bonchev–Trinajstić information content (AvgIpc) is 2.76. The molecule has 0 amide bonds. The third-order valence-corrected chi connectivity index (χ3v) is 4.20. The van der Waals surface area contributed by atoms with E-state index in [0.717, 1.165) is 18.3 Å². The van der Waals surface area contributed by atoms with E-state index in [-0.39, 0.29) is 0 Å². The van der Waals surface area contributed by atoms with Crippen molar-refractivity contribution in [3.05, 3.63) is 35.9 Å². The Hall–Kier alpha value is -0.960. The highest BCUT2D eigenvalue weighted by Crippen LogP contribution is 2.25. The van der Waals surface area contributed by atoms with Crippen LogP contribution in [0.3, 0.4) is 0 Å². The second kappa shape index (κ2) is 5.39. The van der Waals surface area contributed by atoms with Crippen LogP contribution in [0.4, 0.5) is 0 Å². The van der Waals surface area contributed by atoms with Crippen molar-refractivity contribution in [3.8, 4) is 0 Å². The molecule has 0 aliphatic carbocycles. The van der Waals surface area contributed by atoms with Crippen molar-refractivity contribution in [1.29, 1.82) is 0 Å². The number of benzene rings is 1. The summed E-state index contributed by atoms with van der Waals surface area (Å²) in [6.07, 6.45) is 0. The van der Waals surface area contributed by atoms with Crippen LogP contribution in [0, 0.1) is 5.92 Å². The van der Waals surface area contributed by atoms with Gasteiger partial charge < -0.3 is 5.32 Å². The largest absolute Gasteiger partial charge is 0.361 e. The summed E-state index contributed by atoms with van der Waals surface area (Å²) in [5.41, 5.74) is 1.30. The number of nitrogens with zero attached hydrogens (tertiary/aromatic N) is 1. The van der Waals surface area contributed by atoms with Gasteiger partial charge in [0.05, 0.1) is 6.54 Å². The normalized spacial score (nSPS) is 19.9. The van der Waals surface area contributed by atoms with Crippen molar-refractivity contribution in [2.24, 2.45) is 10.9 Å². The highest BCUT2D eigenvalue weighted by atomic mass is 32.2. The highest BCUT2D eigenvalue weighted by Gasteiger charge is 2.21. The van der Waals surface area contributed by atoms with Crippen molar-refractivity contribution >= 4 is 16.9 Å². The van der Waals surface area contributed by atoms with Gasteiger partial charge in [-0.2, -0.15) is 0 Å². The van der Waals surface area contributed by atoms with Crippen molar-refractivity contribution in [3.63, 3.8) is 0 Å². The van der Waals surface area contributed by atoms with E-state index in [9.17, 15) is 0 Å². The Balaban J connectivity index is 1.80. The van der Waals surface area contributed by atoms with Crippen LogP contribution in [0.15, 0.2) is 35.3 Å². The topological polar surface area (TPSA) is 24.4 Å². The molecule has 1 aliphatic rings. The number of thioether (sulfide) groups is 1. The fraction of sp³-hybridized carbons (Fsp3) is 0.462. The van der Waals surface area contributed by atoms with Gasteiger partial charge in [-0.05, 0) is 11.5 Å². The maximum absolute atomic E-state index is 4.52. The molecule has 0 spiro atoms. The van der Waals surface area contributed by atoms with Gasteiger partial charge in [-0.15, -0.1) is 0 Å². The lowest BCUT2D eigenvalue weighted by Crippen LogP contribution is -2.19. The highest BCUT2D eigenvalue weighted by molar-refractivity contribution is 8.14. The van der Waals surface area contributed by atoms with Crippen molar-refractivity contribution in [2.45, 2.75) is 25.6 Å². The number of aliphatic imine (C=N–C) groups is 1. The summed E-state index contributed by atoms with van der Waals surface area (Å²) in [7, 11) is 0. The number of nitrogens with one attached hydrogen (secondary N) is 1. The van der Waals surface area contributed by atoms with Gasteiger partial charge in [0.2, 0.25) is 0 Å². The van der Waals surface area contributed by atoms with Gasteiger partial charge in [0.1, 0.15) is 0 Å². The van der Waals surface area contributed by atoms with Crippen LogP contribution >= 0.6 is 11.8 Å². The van der Waals surface area contributed by atoms with Gasteiger partial charge in [0.15, 0.2) is 5.17 Å². The summed E-state index contributed by atoms with van der Waals surface area (Å²) >= 11 is 1.88. The molecule has 0 bridgehead atoms. The van der Waals surface area contributed by atoms with E-state index in [2.05, 4.69) is 48.4 Å². The molecule has 16 heavy (non-hydrogen) atoms. The molecule has 1 aliphatic heterocycles. The summed E-state index contributed by atoms with van der Waals surface area (Å²) in [5, 5.41) is 5.15. The Morgan fingerprint density at radius 1 is 1.38 bits per heavy atom. The molecule has 0 aromatic heterocycles. The predicted octanol–water partition coefficient (Wildman–Crippen LogP) is 2.90. The van der Waals surface area contributed by atoms with Gasteiger partial charge in [-0.3, -0.25) is 4.99 Å². The first-order valence-electron chi connectivity index (χ1n) is 5.74. The Labute approximate surface area is 102 Å². The fourth-order valence-electron chi connectivity index (χ4n) is 1.61. The SMILES string of the molecule is CC(C)C1CN=C(NCc2ccccc2)S1. The molecule has 1 aromatic rings. The third kappa shape index (κ3) is 3.01. The minimum atomic E-state index is 0.651. The van der Waals surface area contributed by atoms with Crippen LogP contribution in [-0.2, 0) is 6.54 Å². The first-order chi connectivity index (χ1) is 7.75. The quantitative estimate of drug-likeness (QED) is 0.869. The van der Waals surface area contributed by atoms with Crippen LogP contribution < -0.4 is 5.32 Å². The molecule has 1 heterocycles. The van der Waals surface area contributed by atoms with E-state index in [4.69, 9.17) is 0 Å². The smallest absolute Gasteiger partial charge is 0.157 e. The number of hydrogen-bond acceptors (Lipinski definition) is 3. The minimum absolute atomic E-state index is 0.651. The van der Waals surface area contributed by atoms with Crippen LogP contribution in [0.5, 0.6) is 0 Å². The lowest BCUT2D eigenvalue weighted by Gasteiger charge is -2.12. The molecule has 1 atom stereocenters. The second-order valence-corrected chi connectivity index (χ2v) is 5.61. The third-order valence-electron chi connectivity index (χ3n) is 2.71. The molecular formula is C13H18N2S. The Morgan fingerprint density at radius 2 is 2.12 bits per heavy atom. The number of rotatable bonds is 3. The van der Waals surface area contributed by atoms with Gasteiger partial charge in [0, 0.05) is 11.8 Å². The molecule has 1 unspecified atom stereocenters. The van der Waals surface area contributed by atoms with Gasteiger partial charge >= 0.3 is 0 Å². The van der Waals surface area contributed by atoms with E-state index in [0.29, 0.717) is 11.2 Å². The molecule has 0 radical (unpaired) electrons. The molecule has 3 heteroatoms. The molecule has 2 nitrogen and oxygen atoms in total. The molecule has 2 rings (SSSR count). The van der Waals surface area contributed by atoms with Crippen LogP contribution in [0.2, 0.25) is 0 Å². The monoisotopic (exact) mass is 234 g/mol. The fourth-order valence-corrected chi connectivity index (χ4v) is 2.62. The first kappa shape index (κ1) is 11.5. The maximum Gasteiger partial charge on any atom is 0.157 e. The summed E-state index contributed by atoms with van der Waals surface area (Å²) < 4.78 is 0. The van der Waals surface area contributed by atoms with Crippen LogP contribution in [0.1, 0.15) is 19.4 Å². The maximum atomic E-state index is 4.52. The summed E-state index contributed by atoms with van der Waals surface area (Å²) in [5.74, 6) is 0.699. The zero-order valence-corrected chi connectivity index (χ0v) is 10.6. The molecular weight excluding hydrogens is 216 g/mol. The molecule has 86 valence electrons. The Bertz CT molecular complexity index is 359. The zero-order chi connectivity index (χ0) is 11.4. The molecule has 0 saturated heterocycles. The summed E-state index contributed by atoms with van der Waals surface area (Å²) in [4.78, 5) is 4.52. The van der Waals surface area contributed by atoms with Crippen molar-refractivity contribution in [2.75, 3.05) is 6.54 Å². The number of amidine groups is 1. The van der Waals surface area contributed by atoms with Crippen molar-refractivity contribution < 1.29 is 0 Å². The van der Waals surface area contributed by atoms with E-state index in [1.165, 1.54) is 5.56 Å². The lowest BCUT2D eigenvalue weighted by molar-refractivity contribution is 0.621. The van der Waals surface area contributed by atoms with Gasteiger partial charge in [-0.25, -0.2) is 0 Å².